The third-order valence-electron chi connectivity index (χ3n) is 3.14. The van der Waals surface area contributed by atoms with Crippen LogP contribution in [0.25, 0.3) is 0 Å². The zero-order valence-electron chi connectivity index (χ0n) is 10.8. The molecule has 2 amide bonds. The summed E-state index contributed by atoms with van der Waals surface area (Å²) in [6.45, 7) is 5.47. The van der Waals surface area contributed by atoms with Crippen LogP contribution in [0.5, 0.6) is 0 Å². The Labute approximate surface area is 106 Å². The molecular weight excluding hydrogens is 230 g/mol. The molecule has 0 saturated carbocycles. The van der Waals surface area contributed by atoms with Crippen molar-refractivity contribution < 1.29 is 9.59 Å². The lowest BCUT2D eigenvalue weighted by Crippen LogP contribution is -2.62. The lowest BCUT2D eigenvalue weighted by Gasteiger charge is -2.37. The van der Waals surface area contributed by atoms with E-state index in [9.17, 15) is 9.59 Å². The Morgan fingerprint density at radius 1 is 1.39 bits per heavy atom. The first-order valence-electron chi connectivity index (χ1n) is 6.10. The molecule has 1 aromatic rings. The summed E-state index contributed by atoms with van der Waals surface area (Å²) in [5, 5.41) is 2.69. The first-order valence-corrected chi connectivity index (χ1v) is 6.10. The fraction of sp³-hybridized carbons (Fsp3) is 0.462. The van der Waals surface area contributed by atoms with E-state index in [-0.39, 0.29) is 11.8 Å². The van der Waals surface area contributed by atoms with E-state index >= 15 is 0 Å². The van der Waals surface area contributed by atoms with Gasteiger partial charge in [0, 0.05) is 5.69 Å². The zero-order valence-corrected chi connectivity index (χ0v) is 10.8. The molecule has 2 atom stereocenters. The van der Waals surface area contributed by atoms with Crippen molar-refractivity contribution in [2.45, 2.75) is 39.3 Å². The van der Waals surface area contributed by atoms with Crippen LogP contribution in [0, 0.1) is 6.92 Å². The number of anilines is 1. The van der Waals surface area contributed by atoms with Gasteiger partial charge in [-0.25, -0.2) is 0 Å². The molecule has 2 rings (SSSR count). The molecule has 1 N–H and O–H groups in total. The number of aromatic nitrogens is 1. The summed E-state index contributed by atoms with van der Waals surface area (Å²) in [6.07, 6.45) is 2.22. The minimum atomic E-state index is -0.485. The van der Waals surface area contributed by atoms with E-state index in [1.54, 1.807) is 18.0 Å². The van der Waals surface area contributed by atoms with E-state index < -0.39 is 12.1 Å². The van der Waals surface area contributed by atoms with E-state index in [2.05, 4.69) is 10.3 Å². The molecule has 1 aromatic heterocycles. The first-order chi connectivity index (χ1) is 8.54. The van der Waals surface area contributed by atoms with Crippen molar-refractivity contribution in [3.05, 3.63) is 24.0 Å². The molecule has 1 aliphatic heterocycles. The minimum Gasteiger partial charge on any atom is -0.343 e. The number of nitrogens with one attached hydrogen (secondary N) is 1. The molecule has 0 radical (unpaired) electrons. The molecule has 5 heteroatoms. The highest BCUT2D eigenvalue weighted by atomic mass is 16.2. The van der Waals surface area contributed by atoms with Crippen molar-refractivity contribution >= 4 is 17.5 Å². The molecule has 2 unspecified atom stereocenters. The van der Waals surface area contributed by atoms with Crippen LogP contribution in [0.2, 0.25) is 0 Å². The van der Waals surface area contributed by atoms with Crippen molar-refractivity contribution in [1.29, 1.82) is 0 Å². The standard InChI is InChI=1S/C13H17N3O2/c1-4-11-12(17)15-9(3)13(18)16(11)10-6-5-8(2)14-7-10/h5-7,9,11H,4H2,1-3H3,(H,15,17). The Balaban J connectivity index is 2.39. The predicted molar refractivity (Wildman–Crippen MR) is 68.1 cm³/mol. The molecule has 96 valence electrons. The van der Waals surface area contributed by atoms with Gasteiger partial charge in [0.15, 0.2) is 0 Å². The average Bonchev–Trinajstić information content (AvgIpc) is 2.35. The normalized spacial score (nSPS) is 24.1. The molecule has 1 saturated heterocycles. The second-order valence-electron chi connectivity index (χ2n) is 4.52. The van der Waals surface area contributed by atoms with Gasteiger partial charge in [-0.05, 0) is 32.4 Å². The largest absolute Gasteiger partial charge is 0.343 e. The molecule has 0 bridgehead atoms. The topological polar surface area (TPSA) is 62.3 Å². The third-order valence-corrected chi connectivity index (χ3v) is 3.14. The van der Waals surface area contributed by atoms with Gasteiger partial charge < -0.3 is 5.32 Å². The SMILES string of the molecule is CCC1C(=O)NC(C)C(=O)N1c1ccc(C)nc1. The lowest BCUT2D eigenvalue weighted by molar-refractivity contribution is -0.133. The number of hydrogen-bond donors (Lipinski definition) is 1. The molecular formula is C13H17N3O2. The van der Waals surface area contributed by atoms with Gasteiger partial charge in [0.1, 0.15) is 12.1 Å². The highest BCUT2D eigenvalue weighted by Crippen LogP contribution is 2.22. The second kappa shape index (κ2) is 4.76. The van der Waals surface area contributed by atoms with Gasteiger partial charge in [-0.2, -0.15) is 0 Å². The number of pyridine rings is 1. The second-order valence-corrected chi connectivity index (χ2v) is 4.52. The molecule has 1 aliphatic rings. The van der Waals surface area contributed by atoms with Crippen molar-refractivity contribution in [3.8, 4) is 0 Å². The number of carbonyl (C=O) groups excluding carboxylic acids is 2. The molecule has 2 heterocycles. The van der Waals surface area contributed by atoms with Crippen molar-refractivity contribution in [2.75, 3.05) is 4.90 Å². The Kier molecular flexibility index (Phi) is 3.32. The quantitative estimate of drug-likeness (QED) is 0.848. The van der Waals surface area contributed by atoms with Crippen LogP contribution in [0.15, 0.2) is 18.3 Å². The van der Waals surface area contributed by atoms with Gasteiger partial charge in [-0.1, -0.05) is 6.92 Å². The Morgan fingerprint density at radius 2 is 2.11 bits per heavy atom. The maximum atomic E-state index is 12.2. The summed E-state index contributed by atoms with van der Waals surface area (Å²) in [5.41, 5.74) is 1.56. The van der Waals surface area contributed by atoms with Gasteiger partial charge >= 0.3 is 0 Å². The molecule has 0 aromatic carbocycles. The highest BCUT2D eigenvalue weighted by molar-refractivity contribution is 6.08. The first kappa shape index (κ1) is 12.5. The molecule has 5 nitrogen and oxygen atoms in total. The number of piperazine rings is 1. The monoisotopic (exact) mass is 247 g/mol. The summed E-state index contributed by atoms with van der Waals surface area (Å²) >= 11 is 0. The third kappa shape index (κ3) is 2.08. The van der Waals surface area contributed by atoms with E-state index in [0.717, 1.165) is 5.69 Å². The van der Waals surface area contributed by atoms with Gasteiger partial charge in [0.2, 0.25) is 11.8 Å². The van der Waals surface area contributed by atoms with Gasteiger partial charge in [0.25, 0.3) is 0 Å². The van der Waals surface area contributed by atoms with Crippen molar-refractivity contribution in [1.82, 2.24) is 10.3 Å². The van der Waals surface area contributed by atoms with E-state index in [1.165, 1.54) is 0 Å². The number of aryl methyl sites for hydroxylation is 1. The van der Waals surface area contributed by atoms with E-state index in [4.69, 9.17) is 0 Å². The Bertz CT molecular complexity index is 470. The Morgan fingerprint density at radius 3 is 2.67 bits per heavy atom. The van der Waals surface area contributed by atoms with E-state index in [0.29, 0.717) is 12.1 Å². The summed E-state index contributed by atoms with van der Waals surface area (Å²) in [4.78, 5) is 29.8. The van der Waals surface area contributed by atoms with Gasteiger partial charge in [-0.3, -0.25) is 19.5 Å². The lowest BCUT2D eigenvalue weighted by atomic mass is 10.1. The summed E-state index contributed by atoms with van der Waals surface area (Å²) < 4.78 is 0. The Hall–Kier alpha value is -1.91. The average molecular weight is 247 g/mol. The van der Waals surface area contributed by atoms with Crippen LogP contribution in [0.3, 0.4) is 0 Å². The van der Waals surface area contributed by atoms with Gasteiger partial charge in [-0.15, -0.1) is 0 Å². The molecule has 18 heavy (non-hydrogen) atoms. The zero-order chi connectivity index (χ0) is 13.3. The highest BCUT2D eigenvalue weighted by Gasteiger charge is 2.38. The summed E-state index contributed by atoms with van der Waals surface area (Å²) in [7, 11) is 0. The minimum absolute atomic E-state index is 0.0906. The van der Waals surface area contributed by atoms with Crippen LogP contribution >= 0.6 is 0 Å². The maximum Gasteiger partial charge on any atom is 0.250 e. The fourth-order valence-electron chi connectivity index (χ4n) is 2.13. The van der Waals surface area contributed by atoms with Crippen LogP contribution in [0.4, 0.5) is 5.69 Å². The van der Waals surface area contributed by atoms with Crippen LogP contribution in [-0.2, 0) is 9.59 Å². The molecule has 0 spiro atoms. The predicted octanol–water partition coefficient (Wildman–Crippen LogP) is 1.02. The van der Waals surface area contributed by atoms with Crippen LogP contribution in [-0.4, -0.2) is 28.9 Å². The van der Waals surface area contributed by atoms with Crippen molar-refractivity contribution in [3.63, 3.8) is 0 Å². The molecule has 0 aliphatic carbocycles. The van der Waals surface area contributed by atoms with Crippen LogP contribution in [0.1, 0.15) is 26.0 Å². The number of rotatable bonds is 2. The fourth-order valence-corrected chi connectivity index (χ4v) is 2.13. The van der Waals surface area contributed by atoms with Crippen LogP contribution < -0.4 is 10.2 Å². The van der Waals surface area contributed by atoms with Gasteiger partial charge in [0.05, 0.1) is 11.9 Å². The van der Waals surface area contributed by atoms with Crippen molar-refractivity contribution in [2.24, 2.45) is 0 Å². The maximum absolute atomic E-state index is 12.2. The molecule has 1 fully saturated rings. The number of nitrogens with zero attached hydrogens (tertiary/aromatic N) is 2. The number of amides is 2. The van der Waals surface area contributed by atoms with E-state index in [1.807, 2.05) is 26.0 Å². The number of hydrogen-bond acceptors (Lipinski definition) is 3. The summed E-state index contributed by atoms with van der Waals surface area (Å²) in [6, 6.07) is 2.74. The number of carbonyl (C=O) groups is 2. The summed E-state index contributed by atoms with van der Waals surface area (Å²) in [5.74, 6) is -0.197. The smallest absolute Gasteiger partial charge is 0.250 e.